The molecular formula is C18H25NOSi. The van der Waals surface area contributed by atoms with E-state index in [9.17, 15) is 5.11 Å². The molecule has 1 aliphatic heterocycles. The summed E-state index contributed by atoms with van der Waals surface area (Å²) in [5, 5.41) is 10.5. The number of rotatable bonds is 3. The van der Waals surface area contributed by atoms with Gasteiger partial charge in [-0.25, -0.2) is 0 Å². The molecule has 1 heterocycles. The predicted octanol–water partition coefficient (Wildman–Crippen LogP) is 2.91. The van der Waals surface area contributed by atoms with Crippen molar-refractivity contribution < 1.29 is 5.11 Å². The molecule has 1 N–H and O–H groups in total. The molecule has 3 heteroatoms. The highest BCUT2D eigenvalue weighted by Crippen LogP contribution is 2.26. The van der Waals surface area contributed by atoms with E-state index in [0.717, 1.165) is 13.1 Å². The van der Waals surface area contributed by atoms with Gasteiger partial charge in [-0.3, -0.25) is 4.90 Å². The molecule has 0 spiro atoms. The van der Waals surface area contributed by atoms with Crippen molar-refractivity contribution in [2.45, 2.75) is 38.3 Å². The maximum absolute atomic E-state index is 10.5. The first kappa shape index (κ1) is 16.0. The van der Waals surface area contributed by atoms with Crippen molar-refractivity contribution in [3.05, 3.63) is 48.6 Å². The lowest BCUT2D eigenvalue weighted by atomic mass is 10.0. The smallest absolute Gasteiger partial charge is 0.129 e. The monoisotopic (exact) mass is 299 g/mol. The molecule has 0 aromatic heterocycles. The Bertz CT molecular complexity index is 538. The van der Waals surface area contributed by atoms with Gasteiger partial charge in [0.05, 0.1) is 18.1 Å². The van der Waals surface area contributed by atoms with Gasteiger partial charge in [-0.15, -0.1) is 18.0 Å². The number of likely N-dealkylation sites (tertiary alicyclic amines) is 1. The van der Waals surface area contributed by atoms with Gasteiger partial charge in [0, 0.05) is 13.1 Å². The van der Waals surface area contributed by atoms with Crippen LogP contribution in [-0.4, -0.2) is 36.8 Å². The minimum Gasteiger partial charge on any atom is -0.390 e. The van der Waals surface area contributed by atoms with Crippen molar-refractivity contribution in [3.8, 4) is 11.5 Å². The Balaban J connectivity index is 2.12. The Hall–Kier alpha value is -1.34. The fourth-order valence-electron chi connectivity index (χ4n) is 2.65. The largest absolute Gasteiger partial charge is 0.390 e. The molecule has 0 unspecified atom stereocenters. The fraction of sp³-hybridized carbons (Fsp3) is 0.444. The van der Waals surface area contributed by atoms with Crippen LogP contribution in [0.1, 0.15) is 5.56 Å². The van der Waals surface area contributed by atoms with Gasteiger partial charge < -0.3 is 5.11 Å². The number of aliphatic hydroxyl groups excluding tert-OH is 1. The lowest BCUT2D eigenvalue weighted by molar-refractivity contribution is 0.126. The Morgan fingerprint density at radius 3 is 2.57 bits per heavy atom. The van der Waals surface area contributed by atoms with E-state index < -0.39 is 14.2 Å². The second-order valence-electron chi connectivity index (χ2n) is 6.76. The van der Waals surface area contributed by atoms with Crippen LogP contribution >= 0.6 is 0 Å². The first-order valence-electron chi connectivity index (χ1n) is 7.52. The van der Waals surface area contributed by atoms with Gasteiger partial charge in [-0.2, -0.15) is 0 Å². The van der Waals surface area contributed by atoms with Crippen molar-refractivity contribution in [2.24, 2.45) is 5.92 Å². The van der Waals surface area contributed by atoms with Crippen LogP contribution in [-0.2, 0) is 6.54 Å². The van der Waals surface area contributed by atoms with E-state index in [1.165, 1.54) is 5.56 Å². The molecule has 0 radical (unpaired) electrons. The summed E-state index contributed by atoms with van der Waals surface area (Å²) in [6, 6.07) is 10.4. The third-order valence-corrected chi connectivity index (χ3v) is 4.61. The molecule has 0 bridgehead atoms. The van der Waals surface area contributed by atoms with Gasteiger partial charge in [-0.05, 0) is 5.56 Å². The quantitative estimate of drug-likeness (QED) is 0.527. The highest BCUT2D eigenvalue weighted by molar-refractivity contribution is 6.83. The SMILES string of the molecule is C=C[C@H]1[C@H](O)[C@@H](C#C[Si](C)(C)C)CN1Cc1ccccc1. The average Bonchev–Trinajstić information content (AvgIpc) is 2.72. The molecule has 1 saturated heterocycles. The standard InChI is InChI=1S/C18H25NOSi/c1-5-17-18(20)16(11-12-21(2,3)4)14-19(17)13-15-9-7-6-8-10-15/h5-10,16-18,20H,1,13-14H2,2-4H3/t16-,17-,18+/m0/s1. The summed E-state index contributed by atoms with van der Waals surface area (Å²) in [4.78, 5) is 2.27. The molecule has 21 heavy (non-hydrogen) atoms. The second-order valence-corrected chi connectivity index (χ2v) is 11.5. The fourth-order valence-corrected chi connectivity index (χ4v) is 3.27. The minimum atomic E-state index is -1.40. The summed E-state index contributed by atoms with van der Waals surface area (Å²) in [5.74, 6) is 3.35. The summed E-state index contributed by atoms with van der Waals surface area (Å²) < 4.78 is 0. The predicted molar refractivity (Wildman–Crippen MR) is 91.5 cm³/mol. The Kier molecular flexibility index (Phi) is 5.05. The maximum Gasteiger partial charge on any atom is 0.129 e. The zero-order chi connectivity index (χ0) is 15.5. The van der Waals surface area contributed by atoms with Crippen molar-refractivity contribution in [1.82, 2.24) is 4.90 Å². The third-order valence-electron chi connectivity index (χ3n) is 3.72. The Labute approximate surface area is 129 Å². The summed E-state index contributed by atoms with van der Waals surface area (Å²) in [5.41, 5.74) is 4.65. The molecule has 0 aliphatic carbocycles. The molecule has 3 atom stereocenters. The molecule has 0 amide bonds. The zero-order valence-corrected chi connectivity index (χ0v) is 14.2. The van der Waals surface area contributed by atoms with Crippen molar-refractivity contribution in [3.63, 3.8) is 0 Å². The number of benzene rings is 1. The van der Waals surface area contributed by atoms with Gasteiger partial charge in [0.2, 0.25) is 0 Å². The van der Waals surface area contributed by atoms with E-state index in [2.05, 4.69) is 54.7 Å². The lowest BCUT2D eigenvalue weighted by Gasteiger charge is -2.22. The Morgan fingerprint density at radius 1 is 1.33 bits per heavy atom. The van der Waals surface area contributed by atoms with Gasteiger partial charge in [0.15, 0.2) is 0 Å². The summed E-state index contributed by atoms with van der Waals surface area (Å²) in [6.07, 6.45) is 1.42. The van der Waals surface area contributed by atoms with Crippen LogP contribution in [0, 0.1) is 17.4 Å². The van der Waals surface area contributed by atoms with Crippen LogP contribution in [0.3, 0.4) is 0 Å². The van der Waals surface area contributed by atoms with Crippen molar-refractivity contribution in [2.75, 3.05) is 6.54 Å². The van der Waals surface area contributed by atoms with E-state index >= 15 is 0 Å². The second kappa shape index (κ2) is 6.61. The first-order chi connectivity index (χ1) is 9.90. The van der Waals surface area contributed by atoms with E-state index in [4.69, 9.17) is 0 Å². The molecule has 1 aromatic rings. The average molecular weight is 299 g/mol. The topological polar surface area (TPSA) is 23.5 Å². The molecular weight excluding hydrogens is 274 g/mol. The van der Waals surface area contributed by atoms with Crippen LogP contribution in [0.25, 0.3) is 0 Å². The number of aliphatic hydroxyl groups is 1. The summed E-state index contributed by atoms with van der Waals surface area (Å²) in [7, 11) is -1.40. The van der Waals surface area contributed by atoms with Crippen LogP contribution < -0.4 is 0 Å². The van der Waals surface area contributed by atoms with Gasteiger partial charge >= 0.3 is 0 Å². The minimum absolute atomic E-state index is 0.00820. The van der Waals surface area contributed by atoms with Crippen LogP contribution in [0.4, 0.5) is 0 Å². The lowest BCUT2D eigenvalue weighted by Crippen LogP contribution is -2.33. The highest BCUT2D eigenvalue weighted by atomic mass is 28.3. The van der Waals surface area contributed by atoms with Gasteiger partial charge in [-0.1, -0.05) is 56.0 Å². The normalized spacial score (nSPS) is 26.2. The summed E-state index contributed by atoms with van der Waals surface area (Å²) in [6.45, 7) is 12.2. The van der Waals surface area contributed by atoms with Crippen molar-refractivity contribution in [1.29, 1.82) is 0 Å². The third kappa shape index (κ3) is 4.31. The maximum atomic E-state index is 10.5. The van der Waals surface area contributed by atoms with Crippen LogP contribution in [0.5, 0.6) is 0 Å². The van der Waals surface area contributed by atoms with E-state index in [1.807, 2.05) is 24.3 Å². The molecule has 2 nitrogen and oxygen atoms in total. The molecule has 112 valence electrons. The van der Waals surface area contributed by atoms with E-state index in [1.54, 1.807) is 0 Å². The molecule has 0 saturated carbocycles. The molecule has 1 aliphatic rings. The zero-order valence-electron chi connectivity index (χ0n) is 13.2. The van der Waals surface area contributed by atoms with E-state index in [-0.39, 0.29) is 12.0 Å². The first-order valence-corrected chi connectivity index (χ1v) is 11.0. The van der Waals surface area contributed by atoms with Crippen LogP contribution in [0.15, 0.2) is 43.0 Å². The van der Waals surface area contributed by atoms with Crippen LogP contribution in [0.2, 0.25) is 19.6 Å². The molecule has 2 rings (SSSR count). The molecule has 1 fully saturated rings. The van der Waals surface area contributed by atoms with Gasteiger partial charge in [0.25, 0.3) is 0 Å². The number of nitrogens with zero attached hydrogens (tertiary/aromatic N) is 1. The number of hydrogen-bond donors (Lipinski definition) is 1. The summed E-state index contributed by atoms with van der Waals surface area (Å²) >= 11 is 0. The molecule has 1 aromatic carbocycles. The van der Waals surface area contributed by atoms with Gasteiger partial charge in [0.1, 0.15) is 8.07 Å². The van der Waals surface area contributed by atoms with Crippen molar-refractivity contribution >= 4 is 8.07 Å². The van der Waals surface area contributed by atoms with E-state index in [0.29, 0.717) is 0 Å². The number of hydrogen-bond acceptors (Lipinski definition) is 2. The Morgan fingerprint density at radius 2 is 2.00 bits per heavy atom. The highest BCUT2D eigenvalue weighted by Gasteiger charge is 2.38.